The van der Waals surface area contributed by atoms with Gasteiger partial charge in [-0.05, 0) is 35.8 Å². The quantitative estimate of drug-likeness (QED) is 0.520. The molecule has 0 saturated carbocycles. The molecular weight excluding hydrogens is 348 g/mol. The van der Waals surface area contributed by atoms with Crippen molar-refractivity contribution in [1.29, 1.82) is 0 Å². The smallest absolute Gasteiger partial charge is 0.149 e. The first-order chi connectivity index (χ1) is 9.90. The maximum Gasteiger partial charge on any atom is 0.149 e. The largest absolute Gasteiger partial charge is 0.389 e. The van der Waals surface area contributed by atoms with Gasteiger partial charge in [0.05, 0.1) is 42.2 Å². The molecule has 1 aromatic carbocycles. The van der Waals surface area contributed by atoms with Crippen LogP contribution >= 0.6 is 15.9 Å². The number of hydrogen-bond acceptors (Lipinski definition) is 4. The number of aliphatic hydroxyl groups excluding tert-OH is 1. The minimum atomic E-state index is -0.799. The lowest BCUT2D eigenvalue weighted by molar-refractivity contribution is -0.00735. The molecule has 0 amide bonds. The second-order valence-corrected chi connectivity index (χ2v) is 5.63. The number of benzene rings is 1. The highest BCUT2D eigenvalue weighted by atomic mass is 79.9. The van der Waals surface area contributed by atoms with E-state index in [4.69, 9.17) is 9.47 Å². The van der Waals surface area contributed by atoms with Gasteiger partial charge in [0.1, 0.15) is 11.6 Å². The van der Waals surface area contributed by atoms with Gasteiger partial charge in [-0.15, -0.1) is 0 Å². The zero-order valence-electron chi connectivity index (χ0n) is 12.0. The number of anilines is 1. The molecule has 21 heavy (non-hydrogen) atoms. The summed E-state index contributed by atoms with van der Waals surface area (Å²) >= 11 is 2.98. The third kappa shape index (κ3) is 7.17. The number of aliphatic hydroxyl groups is 1. The normalized spacial score (nSPS) is 12.7. The van der Waals surface area contributed by atoms with Crippen molar-refractivity contribution >= 4 is 21.6 Å². The number of ether oxygens (including phenoxy) is 2. The molecule has 120 valence electrons. The molecule has 0 aliphatic carbocycles. The number of nitrogens with one attached hydrogen (secondary N) is 1. The molecule has 2 N–H and O–H groups in total. The minimum absolute atomic E-state index is 0.0973. The Balaban J connectivity index is 2.27. The Kier molecular flexibility index (Phi) is 8.10. The van der Waals surface area contributed by atoms with Crippen LogP contribution in [-0.2, 0) is 9.47 Å². The van der Waals surface area contributed by atoms with E-state index in [0.717, 1.165) is 6.07 Å². The van der Waals surface area contributed by atoms with Gasteiger partial charge in [0.2, 0.25) is 0 Å². The van der Waals surface area contributed by atoms with Crippen LogP contribution in [0, 0.1) is 11.6 Å². The molecule has 0 aromatic heterocycles. The van der Waals surface area contributed by atoms with Crippen LogP contribution in [0.2, 0.25) is 0 Å². The average Bonchev–Trinajstić information content (AvgIpc) is 2.40. The standard InChI is InChI=1S/C14H20BrF2NO3/c1-9(2)21-4-3-20-8-10(19)7-18-14-5-11(15)12(16)6-13(14)17/h5-6,9-10,18-19H,3-4,7-8H2,1-2H3. The summed E-state index contributed by atoms with van der Waals surface area (Å²) in [6, 6.07) is 2.06. The van der Waals surface area contributed by atoms with Crippen molar-refractivity contribution in [3.05, 3.63) is 28.2 Å². The highest BCUT2D eigenvalue weighted by Crippen LogP contribution is 2.23. The van der Waals surface area contributed by atoms with Gasteiger partial charge >= 0.3 is 0 Å². The van der Waals surface area contributed by atoms with Gasteiger partial charge in [0, 0.05) is 12.6 Å². The summed E-state index contributed by atoms with van der Waals surface area (Å²) in [6.07, 6.45) is -0.660. The second kappa shape index (κ2) is 9.30. The first-order valence-corrected chi connectivity index (χ1v) is 7.45. The monoisotopic (exact) mass is 367 g/mol. The first-order valence-electron chi connectivity index (χ1n) is 6.66. The first kappa shape index (κ1) is 18.3. The molecule has 0 radical (unpaired) electrons. The van der Waals surface area contributed by atoms with E-state index in [9.17, 15) is 13.9 Å². The molecule has 1 rings (SSSR count). The highest BCUT2D eigenvalue weighted by Gasteiger charge is 2.10. The van der Waals surface area contributed by atoms with Gasteiger partial charge in [0.25, 0.3) is 0 Å². The van der Waals surface area contributed by atoms with Crippen molar-refractivity contribution in [2.24, 2.45) is 0 Å². The van der Waals surface area contributed by atoms with E-state index in [1.807, 2.05) is 13.8 Å². The average molecular weight is 368 g/mol. The Labute approximate surface area is 131 Å². The summed E-state index contributed by atoms with van der Waals surface area (Å²) in [6.45, 7) is 4.89. The molecule has 1 unspecified atom stereocenters. The van der Waals surface area contributed by atoms with E-state index < -0.39 is 17.7 Å². The van der Waals surface area contributed by atoms with Crippen LogP contribution < -0.4 is 5.32 Å². The van der Waals surface area contributed by atoms with Crippen molar-refractivity contribution in [2.75, 3.05) is 31.7 Å². The number of rotatable bonds is 9. The molecule has 0 saturated heterocycles. The van der Waals surface area contributed by atoms with Gasteiger partial charge in [-0.2, -0.15) is 0 Å². The van der Waals surface area contributed by atoms with E-state index in [1.165, 1.54) is 6.07 Å². The maximum absolute atomic E-state index is 13.5. The van der Waals surface area contributed by atoms with Crippen LogP contribution in [0.5, 0.6) is 0 Å². The van der Waals surface area contributed by atoms with Gasteiger partial charge in [-0.1, -0.05) is 0 Å². The SMILES string of the molecule is CC(C)OCCOCC(O)CNc1cc(Br)c(F)cc1F. The lowest BCUT2D eigenvalue weighted by Gasteiger charge is -2.14. The molecular formula is C14H20BrF2NO3. The molecule has 0 bridgehead atoms. The molecule has 0 fully saturated rings. The lowest BCUT2D eigenvalue weighted by atomic mass is 10.2. The van der Waals surface area contributed by atoms with E-state index in [0.29, 0.717) is 13.2 Å². The Morgan fingerprint density at radius 1 is 1.24 bits per heavy atom. The van der Waals surface area contributed by atoms with E-state index >= 15 is 0 Å². The zero-order chi connectivity index (χ0) is 15.8. The Morgan fingerprint density at radius 3 is 2.62 bits per heavy atom. The summed E-state index contributed by atoms with van der Waals surface area (Å²) in [5.74, 6) is -1.39. The summed E-state index contributed by atoms with van der Waals surface area (Å²) in [4.78, 5) is 0. The Hall–Kier alpha value is -0.760. The molecule has 0 aliphatic rings. The highest BCUT2D eigenvalue weighted by molar-refractivity contribution is 9.10. The molecule has 4 nitrogen and oxygen atoms in total. The van der Waals surface area contributed by atoms with Crippen LogP contribution in [0.15, 0.2) is 16.6 Å². The molecule has 0 aliphatic heterocycles. The third-order valence-corrected chi connectivity index (χ3v) is 3.13. The Morgan fingerprint density at radius 2 is 1.95 bits per heavy atom. The summed E-state index contributed by atoms with van der Waals surface area (Å²) in [7, 11) is 0. The van der Waals surface area contributed by atoms with Crippen molar-refractivity contribution in [3.8, 4) is 0 Å². The van der Waals surface area contributed by atoms with Crippen molar-refractivity contribution in [3.63, 3.8) is 0 Å². The van der Waals surface area contributed by atoms with E-state index in [-0.39, 0.29) is 29.4 Å². The van der Waals surface area contributed by atoms with Gasteiger partial charge in [0.15, 0.2) is 0 Å². The predicted octanol–water partition coefficient (Wildman–Crippen LogP) is 2.94. The molecule has 1 atom stereocenters. The predicted molar refractivity (Wildman–Crippen MR) is 80.5 cm³/mol. The van der Waals surface area contributed by atoms with Crippen LogP contribution in [0.3, 0.4) is 0 Å². The summed E-state index contributed by atoms with van der Waals surface area (Å²) in [5, 5.41) is 12.4. The van der Waals surface area contributed by atoms with Gasteiger partial charge in [-0.3, -0.25) is 0 Å². The fraction of sp³-hybridized carbons (Fsp3) is 0.571. The third-order valence-electron chi connectivity index (χ3n) is 2.53. The van der Waals surface area contributed by atoms with E-state index in [2.05, 4.69) is 21.2 Å². The zero-order valence-corrected chi connectivity index (χ0v) is 13.6. The maximum atomic E-state index is 13.5. The van der Waals surface area contributed by atoms with Crippen molar-refractivity contribution in [1.82, 2.24) is 0 Å². The van der Waals surface area contributed by atoms with Crippen LogP contribution in [0.1, 0.15) is 13.8 Å². The van der Waals surface area contributed by atoms with E-state index in [1.54, 1.807) is 0 Å². The topological polar surface area (TPSA) is 50.7 Å². The number of hydrogen-bond donors (Lipinski definition) is 2. The molecule has 0 spiro atoms. The fourth-order valence-electron chi connectivity index (χ4n) is 1.51. The number of halogens is 3. The van der Waals surface area contributed by atoms with Crippen LogP contribution in [-0.4, -0.2) is 43.7 Å². The van der Waals surface area contributed by atoms with Crippen molar-refractivity contribution < 1.29 is 23.4 Å². The molecule has 7 heteroatoms. The Bertz CT molecular complexity index is 446. The van der Waals surface area contributed by atoms with Crippen LogP contribution in [0.25, 0.3) is 0 Å². The molecule has 0 heterocycles. The fourth-order valence-corrected chi connectivity index (χ4v) is 1.85. The summed E-state index contributed by atoms with van der Waals surface area (Å²) in [5.41, 5.74) is 0.116. The molecule has 1 aromatic rings. The van der Waals surface area contributed by atoms with Crippen molar-refractivity contribution in [2.45, 2.75) is 26.1 Å². The van der Waals surface area contributed by atoms with Gasteiger partial charge < -0.3 is 19.9 Å². The van der Waals surface area contributed by atoms with Crippen LogP contribution in [0.4, 0.5) is 14.5 Å². The minimum Gasteiger partial charge on any atom is -0.389 e. The second-order valence-electron chi connectivity index (χ2n) is 4.78. The summed E-state index contributed by atoms with van der Waals surface area (Å²) < 4.78 is 37.2. The van der Waals surface area contributed by atoms with Gasteiger partial charge in [-0.25, -0.2) is 8.78 Å². The lowest BCUT2D eigenvalue weighted by Crippen LogP contribution is -2.26.